The van der Waals surface area contributed by atoms with Gasteiger partial charge in [-0.3, -0.25) is 0 Å². The van der Waals surface area contributed by atoms with Crippen LogP contribution in [0.2, 0.25) is 0 Å². The van der Waals surface area contributed by atoms with E-state index in [2.05, 4.69) is 10.1 Å². The van der Waals surface area contributed by atoms with Crippen molar-refractivity contribution in [3.05, 3.63) is 29.1 Å². The molecular weight excluding hydrogens is 230 g/mol. The Morgan fingerprint density at radius 1 is 1.33 bits per heavy atom. The van der Waals surface area contributed by atoms with E-state index < -0.39 is 0 Å². The van der Waals surface area contributed by atoms with E-state index in [1.54, 1.807) is 7.11 Å². The fourth-order valence-corrected chi connectivity index (χ4v) is 1.81. The highest BCUT2D eigenvalue weighted by Crippen LogP contribution is 2.28. The van der Waals surface area contributed by atoms with Crippen LogP contribution in [0.3, 0.4) is 0 Å². The van der Waals surface area contributed by atoms with Gasteiger partial charge in [-0.25, -0.2) is 0 Å². The molecule has 1 aromatic carbocycles. The van der Waals surface area contributed by atoms with Crippen molar-refractivity contribution in [1.82, 2.24) is 10.1 Å². The molecule has 0 amide bonds. The first kappa shape index (κ1) is 12.6. The van der Waals surface area contributed by atoms with E-state index in [-0.39, 0.29) is 0 Å². The normalized spacial score (nSPS) is 10.8. The number of benzene rings is 1. The number of methoxy groups -OCH3 is 1. The van der Waals surface area contributed by atoms with Gasteiger partial charge in [0, 0.05) is 19.2 Å². The topological polar surface area (TPSA) is 74.2 Å². The lowest BCUT2D eigenvalue weighted by atomic mass is 10.0. The van der Waals surface area contributed by atoms with Crippen LogP contribution in [0.1, 0.15) is 17.0 Å². The number of rotatable bonds is 4. The predicted octanol–water partition coefficient (Wildman–Crippen LogP) is 2.12. The first-order valence-electron chi connectivity index (χ1n) is 5.80. The molecular formula is C13H17N3O2. The average Bonchev–Trinajstić information content (AvgIpc) is 2.79. The molecule has 0 spiro atoms. The van der Waals surface area contributed by atoms with Gasteiger partial charge in [0.05, 0.1) is 12.2 Å². The summed E-state index contributed by atoms with van der Waals surface area (Å²) < 4.78 is 10.2. The van der Waals surface area contributed by atoms with Crippen molar-refractivity contribution >= 4 is 5.69 Å². The molecule has 0 unspecified atom stereocenters. The maximum atomic E-state index is 6.04. The van der Waals surface area contributed by atoms with Gasteiger partial charge in [-0.15, -0.1) is 0 Å². The number of hydrogen-bond acceptors (Lipinski definition) is 5. The van der Waals surface area contributed by atoms with Crippen LogP contribution in [0.4, 0.5) is 5.69 Å². The molecule has 0 aliphatic carbocycles. The monoisotopic (exact) mass is 247 g/mol. The van der Waals surface area contributed by atoms with E-state index in [1.165, 1.54) is 0 Å². The number of aryl methyl sites for hydroxylation is 2. The number of hydrogen-bond donors (Lipinski definition) is 1. The van der Waals surface area contributed by atoms with Gasteiger partial charge in [0.15, 0.2) is 5.82 Å². The molecule has 0 atom stereocenters. The average molecular weight is 247 g/mol. The van der Waals surface area contributed by atoms with Crippen molar-refractivity contribution in [2.45, 2.75) is 20.3 Å². The quantitative estimate of drug-likeness (QED) is 0.838. The molecule has 0 fully saturated rings. The second kappa shape index (κ2) is 5.18. The molecule has 0 saturated carbocycles. The summed E-state index contributed by atoms with van der Waals surface area (Å²) >= 11 is 0. The van der Waals surface area contributed by atoms with E-state index in [1.807, 2.05) is 26.0 Å². The third-order valence-corrected chi connectivity index (χ3v) is 2.76. The molecule has 0 bridgehead atoms. The molecule has 0 radical (unpaired) electrons. The van der Waals surface area contributed by atoms with Crippen molar-refractivity contribution in [2.75, 3.05) is 19.5 Å². The molecule has 0 aliphatic heterocycles. The fraction of sp³-hybridized carbons (Fsp3) is 0.385. The zero-order valence-corrected chi connectivity index (χ0v) is 10.9. The number of ether oxygens (including phenoxy) is 1. The van der Waals surface area contributed by atoms with Gasteiger partial charge < -0.3 is 15.0 Å². The summed E-state index contributed by atoms with van der Waals surface area (Å²) in [5.74, 6) is 1.09. The lowest BCUT2D eigenvalue weighted by molar-refractivity contribution is 0.199. The van der Waals surface area contributed by atoms with Crippen LogP contribution in [0.5, 0.6) is 0 Å². The Bertz CT molecular complexity index is 549. The van der Waals surface area contributed by atoms with E-state index in [4.69, 9.17) is 15.0 Å². The number of nitrogens with zero attached hydrogens (tertiary/aromatic N) is 2. The third-order valence-electron chi connectivity index (χ3n) is 2.76. The fourth-order valence-electron chi connectivity index (χ4n) is 1.81. The van der Waals surface area contributed by atoms with Crippen LogP contribution in [0.15, 0.2) is 16.7 Å². The lowest BCUT2D eigenvalue weighted by Gasteiger charge is -2.06. The second-order valence-corrected chi connectivity index (χ2v) is 4.30. The Morgan fingerprint density at radius 3 is 2.83 bits per heavy atom. The van der Waals surface area contributed by atoms with Crippen molar-refractivity contribution in [2.24, 2.45) is 0 Å². The van der Waals surface area contributed by atoms with E-state index >= 15 is 0 Å². The van der Waals surface area contributed by atoms with Crippen LogP contribution >= 0.6 is 0 Å². The Labute approximate surface area is 106 Å². The lowest BCUT2D eigenvalue weighted by Crippen LogP contribution is -1.97. The molecule has 18 heavy (non-hydrogen) atoms. The number of nitrogen functional groups attached to an aromatic ring is 1. The van der Waals surface area contributed by atoms with Gasteiger partial charge in [0.1, 0.15) is 0 Å². The van der Waals surface area contributed by atoms with Gasteiger partial charge in [-0.1, -0.05) is 11.2 Å². The van der Waals surface area contributed by atoms with E-state index in [0.717, 1.165) is 16.7 Å². The zero-order valence-electron chi connectivity index (χ0n) is 10.9. The Kier molecular flexibility index (Phi) is 3.62. The maximum absolute atomic E-state index is 6.04. The molecule has 5 nitrogen and oxygen atoms in total. The van der Waals surface area contributed by atoms with E-state index in [9.17, 15) is 0 Å². The minimum atomic E-state index is 0.463. The highest BCUT2D eigenvalue weighted by molar-refractivity contribution is 5.74. The van der Waals surface area contributed by atoms with Crippen molar-refractivity contribution in [3.8, 4) is 11.5 Å². The highest BCUT2D eigenvalue weighted by Gasteiger charge is 2.13. The summed E-state index contributed by atoms with van der Waals surface area (Å²) in [7, 11) is 1.64. The Hall–Kier alpha value is -1.88. The van der Waals surface area contributed by atoms with Crippen LogP contribution in [-0.4, -0.2) is 23.9 Å². The summed E-state index contributed by atoms with van der Waals surface area (Å²) in [6.45, 7) is 4.55. The van der Waals surface area contributed by atoms with Crippen LogP contribution < -0.4 is 5.73 Å². The van der Waals surface area contributed by atoms with Crippen LogP contribution in [0, 0.1) is 13.8 Å². The van der Waals surface area contributed by atoms with Crippen LogP contribution in [0.25, 0.3) is 11.5 Å². The summed E-state index contributed by atoms with van der Waals surface area (Å²) in [6, 6.07) is 3.98. The zero-order chi connectivity index (χ0) is 13.1. The van der Waals surface area contributed by atoms with Gasteiger partial charge >= 0.3 is 0 Å². The molecule has 1 aromatic heterocycles. The van der Waals surface area contributed by atoms with E-state index in [0.29, 0.717) is 30.4 Å². The summed E-state index contributed by atoms with van der Waals surface area (Å²) in [5, 5.41) is 3.91. The standard InChI is InChI=1S/C13H17N3O2/c1-8-6-9(2)12(14)10(7-8)13-15-11(16-18-13)4-5-17-3/h6-7H,4-5,14H2,1-3H3. The SMILES string of the molecule is COCCc1noc(-c2cc(C)cc(C)c2N)n1. The van der Waals surface area contributed by atoms with Crippen molar-refractivity contribution < 1.29 is 9.26 Å². The number of anilines is 1. The molecule has 96 valence electrons. The molecule has 0 saturated heterocycles. The van der Waals surface area contributed by atoms with Crippen LogP contribution in [-0.2, 0) is 11.2 Å². The summed E-state index contributed by atoms with van der Waals surface area (Å²) in [5.41, 5.74) is 9.65. The van der Waals surface area contributed by atoms with Gasteiger partial charge in [-0.2, -0.15) is 4.98 Å². The first-order valence-corrected chi connectivity index (χ1v) is 5.80. The van der Waals surface area contributed by atoms with Gasteiger partial charge in [0.2, 0.25) is 0 Å². The largest absolute Gasteiger partial charge is 0.398 e. The molecule has 2 aromatic rings. The predicted molar refractivity (Wildman–Crippen MR) is 69.2 cm³/mol. The Balaban J connectivity index is 2.34. The maximum Gasteiger partial charge on any atom is 0.260 e. The summed E-state index contributed by atoms with van der Waals surface area (Å²) in [6.07, 6.45) is 0.630. The molecule has 2 rings (SSSR count). The van der Waals surface area contributed by atoms with Crippen molar-refractivity contribution in [3.63, 3.8) is 0 Å². The first-order chi connectivity index (χ1) is 8.61. The second-order valence-electron chi connectivity index (χ2n) is 4.30. The minimum absolute atomic E-state index is 0.463. The van der Waals surface area contributed by atoms with Crippen molar-refractivity contribution in [1.29, 1.82) is 0 Å². The highest BCUT2D eigenvalue weighted by atomic mass is 16.5. The van der Waals surface area contributed by atoms with Gasteiger partial charge in [0.25, 0.3) is 5.89 Å². The molecule has 1 heterocycles. The molecule has 0 aliphatic rings. The smallest absolute Gasteiger partial charge is 0.260 e. The number of nitrogens with two attached hydrogens (primary N) is 1. The molecule has 2 N–H and O–H groups in total. The minimum Gasteiger partial charge on any atom is -0.398 e. The summed E-state index contributed by atoms with van der Waals surface area (Å²) in [4.78, 5) is 4.32. The Morgan fingerprint density at radius 2 is 2.11 bits per heavy atom. The molecule has 5 heteroatoms. The van der Waals surface area contributed by atoms with Gasteiger partial charge in [-0.05, 0) is 31.0 Å². The third kappa shape index (κ3) is 2.51. The number of aromatic nitrogens is 2.